The molecule has 0 aromatic rings. The fourth-order valence-corrected chi connectivity index (χ4v) is 1.78. The minimum atomic E-state index is 0.0486. The molecule has 0 aromatic carbocycles. The summed E-state index contributed by atoms with van der Waals surface area (Å²) >= 11 is 10.3. The Balaban J connectivity index is 2.36. The van der Waals surface area contributed by atoms with Crippen LogP contribution in [-0.4, -0.2) is 2.14 Å². The molecule has 0 aliphatic heterocycles. The Morgan fingerprint density at radius 3 is 1.57 bits per heavy atom. The minimum Gasteiger partial charge on any atom is -0.0596 e. The van der Waals surface area contributed by atoms with Crippen LogP contribution in [0.15, 0.2) is 0 Å². The highest BCUT2D eigenvalue weighted by atomic mass is 80.0. The lowest BCUT2D eigenvalue weighted by molar-refractivity contribution is 0.944. The molecule has 0 aromatic heterocycles. The summed E-state index contributed by atoms with van der Waals surface area (Å²) in [5.41, 5.74) is 0. The first-order valence-corrected chi connectivity index (χ1v) is 4.55. The summed E-state index contributed by atoms with van der Waals surface area (Å²) in [5.74, 6) is 0.799. The Morgan fingerprint density at radius 1 is 1.14 bits per heavy atom. The van der Waals surface area contributed by atoms with Crippen molar-refractivity contribution in [1.29, 1.82) is 0 Å². The molecule has 0 amide bonds. The van der Waals surface area contributed by atoms with Gasteiger partial charge in [-0.2, -0.15) is 0 Å². The van der Waals surface area contributed by atoms with Gasteiger partial charge in [0.05, 0.1) is 0 Å². The fraction of sp³-hybridized carbons (Fsp3) is 1.00. The van der Waals surface area contributed by atoms with Gasteiger partial charge in [0.15, 0.2) is 0 Å². The molecule has 1 aliphatic rings. The van der Waals surface area contributed by atoms with Crippen LogP contribution in [0.4, 0.5) is 0 Å². The van der Waals surface area contributed by atoms with E-state index >= 15 is 0 Å². The van der Waals surface area contributed by atoms with Crippen LogP contribution < -0.4 is 0 Å². The molecular weight excluding hydrogens is 288 g/mol. The van der Waals surface area contributed by atoms with E-state index in [0.717, 1.165) is 5.92 Å². The summed E-state index contributed by atoms with van der Waals surface area (Å²) in [6, 6.07) is 0. The van der Waals surface area contributed by atoms with Crippen LogP contribution in [0, 0.1) is 5.92 Å². The average Bonchev–Trinajstić information content (AvgIpc) is 1.99. The third-order valence-corrected chi connectivity index (χ3v) is 2.98. The molecule has 42 valence electrons. The molecule has 0 bridgehead atoms. The van der Waals surface area contributed by atoms with Crippen LogP contribution in [0.3, 0.4) is 0 Å². The fourth-order valence-electron chi connectivity index (χ4n) is 0.411. The Morgan fingerprint density at radius 2 is 1.57 bits per heavy atom. The van der Waals surface area contributed by atoms with Crippen LogP contribution in [0.2, 0.25) is 0 Å². The largest absolute Gasteiger partial charge is 0.137 e. The van der Waals surface area contributed by atoms with Crippen LogP contribution in [-0.2, 0) is 0 Å². The standard InChI is InChI=1S/C4H5Br3/c5-4(6,7)3-1-2-3/h3H,1-2H2. The third-order valence-electron chi connectivity index (χ3n) is 1.04. The predicted molar refractivity (Wildman–Crippen MR) is 42.2 cm³/mol. The molecular formula is C4H5Br3. The molecule has 0 radical (unpaired) electrons. The topological polar surface area (TPSA) is 0 Å². The maximum Gasteiger partial charge on any atom is 0.137 e. The van der Waals surface area contributed by atoms with Crippen molar-refractivity contribution in [1.82, 2.24) is 0 Å². The van der Waals surface area contributed by atoms with Crippen LogP contribution in [0.5, 0.6) is 0 Å². The summed E-state index contributed by atoms with van der Waals surface area (Å²) in [6.07, 6.45) is 2.67. The molecule has 0 N–H and O–H groups in total. The van der Waals surface area contributed by atoms with E-state index in [1.165, 1.54) is 12.8 Å². The van der Waals surface area contributed by atoms with Crippen molar-refractivity contribution in [3.8, 4) is 0 Å². The summed E-state index contributed by atoms with van der Waals surface area (Å²) < 4.78 is 0.0486. The Hall–Kier alpha value is 1.44. The zero-order chi connectivity index (χ0) is 5.49. The highest BCUT2D eigenvalue weighted by molar-refractivity contribution is 9.39. The smallest absolute Gasteiger partial charge is 0.0596 e. The Bertz CT molecular complexity index is 69.5. The van der Waals surface area contributed by atoms with E-state index in [1.807, 2.05) is 0 Å². The summed E-state index contributed by atoms with van der Waals surface area (Å²) in [4.78, 5) is 0. The first-order chi connectivity index (χ1) is 3.11. The van der Waals surface area contributed by atoms with Crippen molar-refractivity contribution in [2.24, 2.45) is 5.92 Å². The van der Waals surface area contributed by atoms with E-state index < -0.39 is 0 Å². The summed E-state index contributed by atoms with van der Waals surface area (Å²) in [5, 5.41) is 0. The van der Waals surface area contributed by atoms with Gasteiger partial charge in [-0.3, -0.25) is 0 Å². The number of alkyl halides is 3. The van der Waals surface area contributed by atoms with Crippen LogP contribution in [0.1, 0.15) is 12.8 Å². The molecule has 0 spiro atoms. The SMILES string of the molecule is BrC(Br)(Br)C1CC1. The normalized spacial score (nSPS) is 22.7. The third kappa shape index (κ3) is 2.02. The Labute approximate surface area is 68.4 Å². The van der Waals surface area contributed by atoms with Crippen LogP contribution >= 0.6 is 47.8 Å². The van der Waals surface area contributed by atoms with Crippen molar-refractivity contribution in [2.45, 2.75) is 15.0 Å². The molecule has 0 heterocycles. The van der Waals surface area contributed by atoms with E-state index in [9.17, 15) is 0 Å². The van der Waals surface area contributed by atoms with Gasteiger partial charge in [-0.1, -0.05) is 47.8 Å². The number of hydrogen-bond acceptors (Lipinski definition) is 0. The summed E-state index contributed by atoms with van der Waals surface area (Å²) in [6.45, 7) is 0. The molecule has 1 saturated carbocycles. The second-order valence-electron chi connectivity index (χ2n) is 1.82. The van der Waals surface area contributed by atoms with Crippen molar-refractivity contribution in [3.63, 3.8) is 0 Å². The quantitative estimate of drug-likeness (QED) is 0.601. The highest BCUT2D eigenvalue weighted by Gasteiger charge is 2.38. The van der Waals surface area contributed by atoms with E-state index in [1.54, 1.807) is 0 Å². The van der Waals surface area contributed by atoms with Crippen molar-refractivity contribution >= 4 is 47.8 Å². The number of hydrogen-bond donors (Lipinski definition) is 0. The lowest BCUT2D eigenvalue weighted by atomic mass is 10.5. The first kappa shape index (κ1) is 6.56. The molecule has 0 atom stereocenters. The molecule has 0 saturated heterocycles. The zero-order valence-electron chi connectivity index (χ0n) is 3.63. The van der Waals surface area contributed by atoms with Gasteiger partial charge in [0.1, 0.15) is 2.14 Å². The molecule has 7 heavy (non-hydrogen) atoms. The second kappa shape index (κ2) is 1.99. The van der Waals surface area contributed by atoms with Gasteiger partial charge < -0.3 is 0 Å². The number of rotatable bonds is 0. The molecule has 1 rings (SSSR count). The van der Waals surface area contributed by atoms with Crippen molar-refractivity contribution in [2.75, 3.05) is 0 Å². The predicted octanol–water partition coefficient (Wildman–Crippen LogP) is 3.23. The van der Waals surface area contributed by atoms with Crippen molar-refractivity contribution < 1.29 is 0 Å². The molecule has 0 unspecified atom stereocenters. The van der Waals surface area contributed by atoms with Crippen LogP contribution in [0.25, 0.3) is 0 Å². The van der Waals surface area contributed by atoms with Gasteiger partial charge >= 0.3 is 0 Å². The maximum absolute atomic E-state index is 3.44. The van der Waals surface area contributed by atoms with Gasteiger partial charge in [0, 0.05) is 0 Å². The lowest BCUT2D eigenvalue weighted by Crippen LogP contribution is -2.00. The molecule has 1 aliphatic carbocycles. The first-order valence-electron chi connectivity index (χ1n) is 2.17. The van der Waals surface area contributed by atoms with Gasteiger partial charge in [0.25, 0.3) is 0 Å². The maximum atomic E-state index is 3.44. The van der Waals surface area contributed by atoms with E-state index in [-0.39, 0.29) is 2.14 Å². The van der Waals surface area contributed by atoms with Gasteiger partial charge in [-0.25, -0.2) is 0 Å². The highest BCUT2D eigenvalue weighted by Crippen LogP contribution is 2.52. The zero-order valence-corrected chi connectivity index (χ0v) is 8.38. The number of halogens is 3. The molecule has 0 nitrogen and oxygen atoms in total. The van der Waals surface area contributed by atoms with Gasteiger partial charge in [-0.05, 0) is 18.8 Å². The molecule has 1 fully saturated rings. The van der Waals surface area contributed by atoms with Crippen molar-refractivity contribution in [3.05, 3.63) is 0 Å². The van der Waals surface area contributed by atoms with Gasteiger partial charge in [0.2, 0.25) is 0 Å². The average molecular weight is 293 g/mol. The minimum absolute atomic E-state index is 0.0486. The Kier molecular flexibility index (Phi) is 1.87. The van der Waals surface area contributed by atoms with E-state index in [2.05, 4.69) is 47.8 Å². The lowest BCUT2D eigenvalue weighted by Gasteiger charge is -2.07. The second-order valence-corrected chi connectivity index (χ2v) is 8.76. The van der Waals surface area contributed by atoms with E-state index in [0.29, 0.717) is 0 Å². The monoisotopic (exact) mass is 290 g/mol. The van der Waals surface area contributed by atoms with E-state index in [4.69, 9.17) is 0 Å². The van der Waals surface area contributed by atoms with Gasteiger partial charge in [-0.15, -0.1) is 0 Å². The summed E-state index contributed by atoms with van der Waals surface area (Å²) in [7, 11) is 0. The molecule has 3 heteroatoms.